The number of phenolic OH excluding ortho intramolecular Hbond substituents is 1. The van der Waals surface area contributed by atoms with Crippen molar-refractivity contribution in [1.82, 2.24) is 9.88 Å². The van der Waals surface area contributed by atoms with Crippen LogP contribution in [0.15, 0.2) is 60.8 Å². The Labute approximate surface area is 197 Å². The van der Waals surface area contributed by atoms with Crippen molar-refractivity contribution >= 4 is 11.1 Å². The number of ether oxygens (including phenoxy) is 2. The summed E-state index contributed by atoms with van der Waals surface area (Å²) >= 11 is 0. The fourth-order valence-corrected chi connectivity index (χ4v) is 4.58. The van der Waals surface area contributed by atoms with Crippen LogP contribution >= 0.6 is 0 Å². The summed E-state index contributed by atoms with van der Waals surface area (Å²) in [5.74, 6) is 1.64. The molecule has 34 heavy (non-hydrogen) atoms. The van der Waals surface area contributed by atoms with Crippen LogP contribution in [0.25, 0.3) is 11.1 Å². The van der Waals surface area contributed by atoms with E-state index in [1.807, 2.05) is 37.3 Å². The normalized spacial score (nSPS) is 18.2. The fourth-order valence-electron chi connectivity index (χ4n) is 4.58. The Hall–Kier alpha value is -3.58. The summed E-state index contributed by atoms with van der Waals surface area (Å²) < 4.78 is 24.8. The molecule has 3 heterocycles. The van der Waals surface area contributed by atoms with E-state index in [0.29, 0.717) is 18.1 Å². The molecule has 0 amide bonds. The van der Waals surface area contributed by atoms with E-state index in [1.54, 1.807) is 24.3 Å². The molecule has 1 saturated heterocycles. The van der Waals surface area contributed by atoms with Gasteiger partial charge in [0.25, 0.3) is 0 Å². The molecule has 5 rings (SSSR count). The molecule has 6 nitrogen and oxygen atoms in total. The smallest absolute Gasteiger partial charge is 0.150 e. The number of alkyl halides is 1. The van der Waals surface area contributed by atoms with Crippen molar-refractivity contribution in [3.05, 3.63) is 77.6 Å². The van der Waals surface area contributed by atoms with Gasteiger partial charge in [-0.05, 0) is 47.9 Å². The standard InChI is InChI=1S/C27H27FN2O4/c1-17-25(20-3-2-4-21(31)11-20)27(34-24-12-22(32)14-29-26(17)24)19-5-7-23(8-6-19)33-10-9-30-15-18(13-28)16-30/h2-8,11-12,14,18,27,31-32H,9-10,13,15-16H2,1H3. The Bertz CT molecular complexity index is 1210. The van der Waals surface area contributed by atoms with Gasteiger partial charge >= 0.3 is 0 Å². The number of nitrogens with zero attached hydrogens (tertiary/aromatic N) is 2. The minimum atomic E-state index is -0.453. The molecule has 0 spiro atoms. The first-order chi connectivity index (χ1) is 16.5. The van der Waals surface area contributed by atoms with E-state index in [4.69, 9.17) is 9.47 Å². The monoisotopic (exact) mass is 462 g/mol. The molecular weight excluding hydrogens is 435 g/mol. The first-order valence-electron chi connectivity index (χ1n) is 11.4. The summed E-state index contributed by atoms with van der Waals surface area (Å²) in [6, 6.07) is 16.4. The van der Waals surface area contributed by atoms with Crippen LogP contribution in [0.4, 0.5) is 4.39 Å². The second-order valence-electron chi connectivity index (χ2n) is 8.82. The van der Waals surface area contributed by atoms with Crippen LogP contribution in [-0.4, -0.2) is 53.0 Å². The van der Waals surface area contributed by atoms with Crippen molar-refractivity contribution in [2.75, 3.05) is 32.9 Å². The van der Waals surface area contributed by atoms with Gasteiger partial charge in [0.05, 0.1) is 12.9 Å². The van der Waals surface area contributed by atoms with Gasteiger partial charge in [0.2, 0.25) is 0 Å². The average Bonchev–Trinajstić information content (AvgIpc) is 2.80. The van der Waals surface area contributed by atoms with Crippen LogP contribution < -0.4 is 9.47 Å². The van der Waals surface area contributed by atoms with E-state index in [0.717, 1.165) is 47.7 Å². The van der Waals surface area contributed by atoms with Crippen LogP contribution in [-0.2, 0) is 0 Å². The summed E-state index contributed by atoms with van der Waals surface area (Å²) in [5, 5.41) is 20.0. The molecule has 1 unspecified atom stereocenters. The van der Waals surface area contributed by atoms with Crippen molar-refractivity contribution in [2.45, 2.75) is 13.0 Å². The summed E-state index contributed by atoms with van der Waals surface area (Å²) in [6.45, 7) is 4.64. The van der Waals surface area contributed by atoms with Gasteiger partial charge in [-0.2, -0.15) is 0 Å². The number of aromatic hydroxyl groups is 2. The largest absolute Gasteiger partial charge is 0.508 e. The lowest BCUT2D eigenvalue weighted by atomic mass is 9.88. The molecule has 0 aliphatic carbocycles. The van der Waals surface area contributed by atoms with Crippen LogP contribution in [0.1, 0.15) is 29.8 Å². The zero-order valence-electron chi connectivity index (χ0n) is 18.9. The van der Waals surface area contributed by atoms with Crippen molar-refractivity contribution in [1.29, 1.82) is 0 Å². The average molecular weight is 463 g/mol. The predicted octanol–water partition coefficient (Wildman–Crippen LogP) is 4.84. The van der Waals surface area contributed by atoms with Crippen molar-refractivity contribution < 1.29 is 24.1 Å². The second-order valence-corrected chi connectivity index (χ2v) is 8.82. The molecular formula is C27H27FN2O4. The molecule has 2 aromatic carbocycles. The zero-order valence-corrected chi connectivity index (χ0v) is 18.9. The van der Waals surface area contributed by atoms with Crippen LogP contribution in [0.5, 0.6) is 23.0 Å². The molecule has 2 aliphatic heterocycles. The van der Waals surface area contributed by atoms with E-state index in [9.17, 15) is 14.6 Å². The van der Waals surface area contributed by atoms with Gasteiger partial charge in [0.1, 0.15) is 41.4 Å². The Morgan fingerprint density at radius 1 is 1.09 bits per heavy atom. The number of halogens is 1. The molecule has 1 atom stereocenters. The molecule has 1 fully saturated rings. The molecule has 1 aromatic heterocycles. The maximum Gasteiger partial charge on any atom is 0.150 e. The molecule has 2 N–H and O–H groups in total. The van der Waals surface area contributed by atoms with E-state index in [-0.39, 0.29) is 24.1 Å². The maximum atomic E-state index is 12.6. The lowest BCUT2D eigenvalue weighted by Crippen LogP contribution is -2.49. The molecule has 176 valence electrons. The van der Waals surface area contributed by atoms with Crippen molar-refractivity contribution in [3.63, 3.8) is 0 Å². The highest BCUT2D eigenvalue weighted by molar-refractivity contribution is 5.94. The Kier molecular flexibility index (Phi) is 6.11. The van der Waals surface area contributed by atoms with Gasteiger partial charge in [0, 0.05) is 37.2 Å². The van der Waals surface area contributed by atoms with Gasteiger partial charge in [-0.25, -0.2) is 4.98 Å². The summed E-state index contributed by atoms with van der Waals surface area (Å²) in [6.07, 6.45) is 0.946. The second kappa shape index (κ2) is 9.35. The fraction of sp³-hybridized carbons (Fsp3) is 0.296. The van der Waals surface area contributed by atoms with E-state index in [2.05, 4.69) is 9.88 Å². The van der Waals surface area contributed by atoms with Crippen LogP contribution in [0, 0.1) is 5.92 Å². The molecule has 7 heteroatoms. The van der Waals surface area contributed by atoms with Gasteiger partial charge in [-0.1, -0.05) is 24.3 Å². The topological polar surface area (TPSA) is 75.1 Å². The lowest BCUT2D eigenvalue weighted by molar-refractivity contribution is 0.0668. The third-order valence-electron chi connectivity index (χ3n) is 6.37. The Morgan fingerprint density at radius 2 is 1.88 bits per heavy atom. The highest BCUT2D eigenvalue weighted by Crippen LogP contribution is 2.46. The number of hydrogen-bond acceptors (Lipinski definition) is 6. The predicted molar refractivity (Wildman–Crippen MR) is 128 cm³/mol. The molecule has 2 aliphatic rings. The van der Waals surface area contributed by atoms with Crippen LogP contribution in [0.3, 0.4) is 0 Å². The summed E-state index contributed by atoms with van der Waals surface area (Å²) in [7, 11) is 0. The highest BCUT2D eigenvalue weighted by atomic mass is 19.1. The van der Waals surface area contributed by atoms with Gasteiger partial charge in [-0.3, -0.25) is 9.29 Å². The van der Waals surface area contributed by atoms with Crippen molar-refractivity contribution in [2.24, 2.45) is 5.92 Å². The maximum absolute atomic E-state index is 12.6. The molecule has 0 saturated carbocycles. The summed E-state index contributed by atoms with van der Waals surface area (Å²) in [5.41, 5.74) is 4.22. The van der Waals surface area contributed by atoms with E-state index in [1.165, 1.54) is 6.20 Å². The van der Waals surface area contributed by atoms with Gasteiger partial charge < -0.3 is 19.7 Å². The molecule has 3 aromatic rings. The number of likely N-dealkylation sites (tertiary alicyclic amines) is 1. The molecule has 0 radical (unpaired) electrons. The number of phenols is 1. The van der Waals surface area contributed by atoms with Crippen LogP contribution in [0.2, 0.25) is 0 Å². The lowest BCUT2D eigenvalue weighted by Gasteiger charge is -2.37. The number of pyridine rings is 1. The third kappa shape index (κ3) is 4.43. The number of allylic oxidation sites excluding steroid dienone is 1. The highest BCUT2D eigenvalue weighted by Gasteiger charge is 2.31. The quantitative estimate of drug-likeness (QED) is 0.524. The third-order valence-corrected chi connectivity index (χ3v) is 6.37. The van der Waals surface area contributed by atoms with E-state index >= 15 is 0 Å². The first-order valence-corrected chi connectivity index (χ1v) is 11.4. The number of rotatable bonds is 7. The minimum Gasteiger partial charge on any atom is -0.508 e. The van der Waals surface area contributed by atoms with Crippen molar-refractivity contribution in [3.8, 4) is 23.0 Å². The molecule has 0 bridgehead atoms. The minimum absolute atomic E-state index is 0.0369. The SMILES string of the molecule is CC1=C(c2cccc(O)c2)C(c2ccc(OCCN3CC(CF)C3)cc2)Oc2cc(O)cnc21. The first kappa shape index (κ1) is 22.2. The zero-order chi connectivity index (χ0) is 23.7. The number of fused-ring (bicyclic) bond motifs is 1. The van der Waals surface area contributed by atoms with Gasteiger partial charge in [-0.15, -0.1) is 0 Å². The number of aromatic nitrogens is 1. The number of benzene rings is 2. The Balaban J connectivity index is 1.38. The van der Waals surface area contributed by atoms with Gasteiger partial charge in [0.15, 0.2) is 0 Å². The number of hydrogen-bond donors (Lipinski definition) is 2. The Morgan fingerprint density at radius 3 is 2.62 bits per heavy atom. The summed E-state index contributed by atoms with van der Waals surface area (Å²) in [4.78, 5) is 6.55. The van der Waals surface area contributed by atoms with E-state index < -0.39 is 6.10 Å².